The Hall–Kier alpha value is -3.12. The Labute approximate surface area is 403 Å². The second-order valence-electron chi connectivity index (χ2n) is 16.2. The number of phosphoric ester groups is 2. The summed E-state index contributed by atoms with van der Waals surface area (Å²) in [5.74, 6) is -1.33. The first-order chi connectivity index (χ1) is 32.5. The summed E-state index contributed by atoms with van der Waals surface area (Å²) in [6.07, 6.45) is 31.6. The van der Waals surface area contributed by atoms with E-state index in [1.165, 1.54) is 0 Å². The molecular formula is C49H80O17P2. The lowest BCUT2D eigenvalue weighted by atomic mass is 9.85. The van der Waals surface area contributed by atoms with E-state index in [1.54, 1.807) is 0 Å². The lowest BCUT2D eigenvalue weighted by Crippen LogP contribution is -2.64. The maximum atomic E-state index is 13.0. The molecule has 19 heteroatoms. The largest absolute Gasteiger partial charge is 0.472 e. The molecule has 1 rings (SSSR count). The number of aliphatic hydroxyl groups is 5. The average Bonchev–Trinajstić information content (AvgIpc) is 3.29. The molecule has 388 valence electrons. The van der Waals surface area contributed by atoms with E-state index < -0.39 is 83.5 Å². The molecule has 0 amide bonds. The van der Waals surface area contributed by atoms with Crippen LogP contribution in [0.15, 0.2) is 97.2 Å². The Morgan fingerprint density at radius 1 is 0.529 bits per heavy atom. The zero-order valence-corrected chi connectivity index (χ0v) is 41.6. The number of allylic oxidation sites excluding steroid dienone is 16. The topological polar surface area (TPSA) is 276 Å². The van der Waals surface area contributed by atoms with Gasteiger partial charge in [-0.25, -0.2) is 9.13 Å². The Bertz CT molecular complexity index is 1700. The maximum Gasteiger partial charge on any atom is 0.472 e. The molecule has 1 fully saturated rings. The first kappa shape index (κ1) is 62.9. The third-order valence-corrected chi connectivity index (χ3v) is 11.8. The molecule has 0 aliphatic heterocycles. The summed E-state index contributed by atoms with van der Waals surface area (Å²) in [5, 5.41) is 50.8. The fraction of sp³-hybridized carbons (Fsp3) is 0.633. The standard InChI is InChI=1S/C49H80O17P2/c1-3-5-6-7-8-9-10-11-12-13-14-19-22-25-28-31-34-37-43(52)64-41(39-63-68(60,61)66-49-46(55)44(53)45(54)48(47(49)56)65-67(57,58)59)38-62-42(51)36-33-30-27-24-21-18-16-15-17-20-23-26-29-32-35-40(50)4-2/h5-6,8-9,11-12,14,16-20,24,26-27,29,40-41,44-50,53-56H,3-4,7,10,13,15,21-23,25,28,30-39H2,1-2H3,(H,60,61)(H2,57,58,59)/b6-5-,9-8-,12-11-,18-16-,19-14-,20-17-,27-24-,29-26-/t40-,41+,44?,45?,46?,47?,48+,49-/m0/s1. The molecule has 0 spiro atoms. The molecule has 0 aromatic rings. The van der Waals surface area contributed by atoms with E-state index in [2.05, 4.69) is 90.4 Å². The van der Waals surface area contributed by atoms with Gasteiger partial charge in [0.05, 0.1) is 12.7 Å². The third-order valence-electron chi connectivity index (χ3n) is 10.3. The van der Waals surface area contributed by atoms with E-state index in [0.29, 0.717) is 19.3 Å². The Morgan fingerprint density at radius 3 is 1.50 bits per heavy atom. The molecule has 1 saturated carbocycles. The molecule has 17 nitrogen and oxygen atoms in total. The molecule has 1 aliphatic rings. The molecule has 0 saturated heterocycles. The fourth-order valence-corrected chi connectivity index (χ4v) is 8.00. The van der Waals surface area contributed by atoms with Crippen LogP contribution in [0.2, 0.25) is 0 Å². The summed E-state index contributed by atoms with van der Waals surface area (Å²) < 4.78 is 49.3. The van der Waals surface area contributed by atoms with Crippen LogP contribution < -0.4 is 0 Å². The quantitative estimate of drug-likeness (QED) is 0.0125. The van der Waals surface area contributed by atoms with Crippen LogP contribution in [0.1, 0.15) is 136 Å². The second kappa shape index (κ2) is 38.6. The van der Waals surface area contributed by atoms with Crippen LogP contribution in [0.3, 0.4) is 0 Å². The zero-order chi connectivity index (χ0) is 50.5. The van der Waals surface area contributed by atoms with Gasteiger partial charge in [-0.3, -0.25) is 23.2 Å². The monoisotopic (exact) mass is 1000 g/mol. The molecule has 5 unspecified atom stereocenters. The molecular weight excluding hydrogens is 922 g/mol. The molecule has 9 atom stereocenters. The van der Waals surface area contributed by atoms with Gasteiger partial charge in [0.25, 0.3) is 0 Å². The van der Waals surface area contributed by atoms with Gasteiger partial charge in [-0.05, 0) is 96.3 Å². The fourth-order valence-electron chi connectivity index (χ4n) is 6.46. The van der Waals surface area contributed by atoms with E-state index >= 15 is 0 Å². The summed E-state index contributed by atoms with van der Waals surface area (Å²) in [5.41, 5.74) is 0. The number of phosphoric acid groups is 2. The van der Waals surface area contributed by atoms with Crippen LogP contribution in [-0.4, -0.2) is 114 Å². The lowest BCUT2D eigenvalue weighted by molar-refractivity contribution is -0.216. The van der Waals surface area contributed by atoms with Gasteiger partial charge in [0, 0.05) is 12.8 Å². The summed E-state index contributed by atoms with van der Waals surface area (Å²) >= 11 is 0. The van der Waals surface area contributed by atoms with E-state index in [0.717, 1.165) is 89.9 Å². The minimum atomic E-state index is -5.38. The molecule has 1 aliphatic carbocycles. The van der Waals surface area contributed by atoms with Gasteiger partial charge >= 0.3 is 27.6 Å². The van der Waals surface area contributed by atoms with Crippen molar-refractivity contribution in [3.8, 4) is 0 Å². The van der Waals surface area contributed by atoms with Crippen molar-refractivity contribution in [1.29, 1.82) is 0 Å². The minimum absolute atomic E-state index is 0.00849. The number of hydrogen-bond donors (Lipinski definition) is 8. The van der Waals surface area contributed by atoms with Crippen LogP contribution >= 0.6 is 15.6 Å². The van der Waals surface area contributed by atoms with Gasteiger partial charge in [0.1, 0.15) is 43.2 Å². The number of carbonyl (C=O) groups excluding carboxylic acids is 2. The highest BCUT2D eigenvalue weighted by Crippen LogP contribution is 2.49. The molecule has 68 heavy (non-hydrogen) atoms. The molecule has 0 radical (unpaired) electrons. The van der Waals surface area contributed by atoms with Crippen molar-refractivity contribution >= 4 is 27.6 Å². The minimum Gasteiger partial charge on any atom is -0.462 e. The normalized spacial score (nSPS) is 22.6. The van der Waals surface area contributed by atoms with Gasteiger partial charge < -0.3 is 49.7 Å². The third kappa shape index (κ3) is 32.6. The predicted molar refractivity (Wildman–Crippen MR) is 261 cm³/mol. The van der Waals surface area contributed by atoms with Crippen LogP contribution in [0, 0.1) is 0 Å². The van der Waals surface area contributed by atoms with E-state index in [1.807, 2.05) is 25.2 Å². The molecule has 0 aromatic heterocycles. The van der Waals surface area contributed by atoms with Crippen LogP contribution in [0.5, 0.6) is 0 Å². The predicted octanol–water partition coefficient (Wildman–Crippen LogP) is 8.14. The Kier molecular flexibility index (Phi) is 35.7. The van der Waals surface area contributed by atoms with Gasteiger partial charge in [0.2, 0.25) is 0 Å². The second-order valence-corrected chi connectivity index (χ2v) is 18.8. The molecule has 0 heterocycles. The summed E-state index contributed by atoms with van der Waals surface area (Å²) in [6, 6.07) is 0. The number of carbonyl (C=O) groups is 2. The molecule has 0 bridgehead atoms. The summed E-state index contributed by atoms with van der Waals surface area (Å²) in [6.45, 7) is 2.64. The van der Waals surface area contributed by atoms with Crippen LogP contribution in [0.4, 0.5) is 0 Å². The number of esters is 2. The Balaban J connectivity index is 2.65. The maximum absolute atomic E-state index is 13.0. The summed E-state index contributed by atoms with van der Waals surface area (Å²) in [4.78, 5) is 54.3. The van der Waals surface area contributed by atoms with Crippen molar-refractivity contribution in [1.82, 2.24) is 0 Å². The van der Waals surface area contributed by atoms with Crippen molar-refractivity contribution in [3.63, 3.8) is 0 Å². The smallest absolute Gasteiger partial charge is 0.462 e. The number of hydrogen-bond acceptors (Lipinski definition) is 14. The highest BCUT2D eigenvalue weighted by molar-refractivity contribution is 7.47. The van der Waals surface area contributed by atoms with Crippen molar-refractivity contribution < 1.29 is 82.0 Å². The first-order valence-corrected chi connectivity index (χ1v) is 26.9. The number of unbranched alkanes of at least 4 members (excludes halogenated alkanes) is 5. The van der Waals surface area contributed by atoms with Gasteiger partial charge in [0.15, 0.2) is 6.10 Å². The SMILES string of the molecule is CC/C=C\C/C=C\C/C=C\C/C=C\CCCCCCC(=O)O[C@H](COC(=O)CCC/C=C\C/C=C\C/C=C\C/C=C\CC[C@@H](O)CC)COP(=O)(O)O[C@H]1C(O)C(O)C(O)[C@@H](OP(=O)(O)O)C1O. The van der Waals surface area contributed by atoms with Crippen molar-refractivity contribution in [3.05, 3.63) is 97.2 Å². The number of aliphatic hydroxyl groups excluding tert-OH is 5. The summed E-state index contributed by atoms with van der Waals surface area (Å²) in [7, 11) is -10.7. The van der Waals surface area contributed by atoms with Gasteiger partial charge in [-0.2, -0.15) is 0 Å². The highest BCUT2D eigenvalue weighted by Gasteiger charge is 2.54. The first-order valence-electron chi connectivity index (χ1n) is 23.9. The highest BCUT2D eigenvalue weighted by atomic mass is 31.2. The van der Waals surface area contributed by atoms with E-state index in [-0.39, 0.29) is 18.9 Å². The molecule has 0 aromatic carbocycles. The van der Waals surface area contributed by atoms with E-state index in [4.69, 9.17) is 18.5 Å². The Morgan fingerprint density at radius 2 is 0.985 bits per heavy atom. The zero-order valence-electron chi connectivity index (χ0n) is 39.9. The number of rotatable bonds is 38. The number of ether oxygens (including phenoxy) is 2. The van der Waals surface area contributed by atoms with Gasteiger partial charge in [-0.1, -0.05) is 124 Å². The van der Waals surface area contributed by atoms with Crippen LogP contribution in [0.25, 0.3) is 0 Å². The van der Waals surface area contributed by atoms with Crippen molar-refractivity contribution in [2.24, 2.45) is 0 Å². The molecule has 8 N–H and O–H groups in total. The van der Waals surface area contributed by atoms with Crippen molar-refractivity contribution in [2.45, 2.75) is 185 Å². The van der Waals surface area contributed by atoms with Gasteiger partial charge in [-0.15, -0.1) is 0 Å². The average molecular weight is 1000 g/mol. The lowest BCUT2D eigenvalue weighted by Gasteiger charge is -2.43. The van der Waals surface area contributed by atoms with Crippen LogP contribution in [-0.2, 0) is 41.8 Å². The van der Waals surface area contributed by atoms with E-state index in [9.17, 15) is 58.9 Å². The van der Waals surface area contributed by atoms with Crippen molar-refractivity contribution in [2.75, 3.05) is 13.2 Å².